The number of nitrogens with one attached hydrogen (secondary N) is 1. The second-order valence-corrected chi connectivity index (χ2v) is 5.25. The number of fused-ring (bicyclic) bond motifs is 1. The van der Waals surface area contributed by atoms with Crippen LogP contribution in [-0.2, 0) is 17.6 Å². The molecule has 2 aliphatic rings. The molecule has 100 valence electrons. The van der Waals surface area contributed by atoms with Crippen LogP contribution >= 0.6 is 0 Å². The van der Waals surface area contributed by atoms with E-state index in [9.17, 15) is 4.79 Å². The SMILES string of the molecule is CN1CCN(C=O)CC1.Cc1cc2c([nH]1)CCC2. The number of hydrogen-bond acceptors (Lipinski definition) is 2. The monoisotopic (exact) mass is 249 g/mol. The molecule has 4 heteroatoms. The molecule has 1 amide bonds. The number of nitrogens with zero attached hydrogens (tertiary/aromatic N) is 2. The molecular formula is C14H23N3O. The first-order valence-corrected chi connectivity index (χ1v) is 6.74. The van der Waals surface area contributed by atoms with Gasteiger partial charge in [0.05, 0.1) is 0 Å². The van der Waals surface area contributed by atoms with Gasteiger partial charge < -0.3 is 14.8 Å². The van der Waals surface area contributed by atoms with E-state index >= 15 is 0 Å². The van der Waals surface area contributed by atoms with Crippen LogP contribution in [0, 0.1) is 6.92 Å². The third kappa shape index (κ3) is 3.35. The highest BCUT2D eigenvalue weighted by molar-refractivity contribution is 5.47. The van der Waals surface area contributed by atoms with Crippen LogP contribution in [0.25, 0.3) is 0 Å². The quantitative estimate of drug-likeness (QED) is 0.760. The zero-order chi connectivity index (χ0) is 13.0. The van der Waals surface area contributed by atoms with Crippen molar-refractivity contribution in [2.45, 2.75) is 26.2 Å². The van der Waals surface area contributed by atoms with Crippen molar-refractivity contribution >= 4 is 6.41 Å². The smallest absolute Gasteiger partial charge is 0.209 e. The number of aromatic nitrogens is 1. The largest absolute Gasteiger partial charge is 0.362 e. The Hall–Kier alpha value is -1.29. The lowest BCUT2D eigenvalue weighted by Crippen LogP contribution is -2.43. The summed E-state index contributed by atoms with van der Waals surface area (Å²) in [5.41, 5.74) is 4.35. The Kier molecular flexibility index (Phi) is 4.42. The van der Waals surface area contributed by atoms with Crippen molar-refractivity contribution in [3.63, 3.8) is 0 Å². The lowest BCUT2D eigenvalue weighted by molar-refractivity contribution is -0.119. The number of carbonyl (C=O) groups is 1. The van der Waals surface area contributed by atoms with E-state index in [1.807, 2.05) is 0 Å². The number of hydrogen-bond donors (Lipinski definition) is 1. The molecule has 2 heterocycles. The van der Waals surface area contributed by atoms with Crippen LogP contribution in [0.4, 0.5) is 0 Å². The topological polar surface area (TPSA) is 39.3 Å². The summed E-state index contributed by atoms with van der Waals surface area (Å²) in [5, 5.41) is 0. The van der Waals surface area contributed by atoms with Crippen LogP contribution in [0.1, 0.15) is 23.4 Å². The third-order valence-corrected chi connectivity index (χ3v) is 3.69. The minimum atomic E-state index is 0.889. The minimum absolute atomic E-state index is 0.889. The van der Waals surface area contributed by atoms with Crippen molar-refractivity contribution in [2.75, 3.05) is 33.2 Å². The number of amides is 1. The maximum absolute atomic E-state index is 10.2. The van der Waals surface area contributed by atoms with Crippen molar-refractivity contribution in [1.29, 1.82) is 0 Å². The second kappa shape index (κ2) is 6.05. The van der Waals surface area contributed by atoms with Gasteiger partial charge in [-0.1, -0.05) is 0 Å². The average molecular weight is 249 g/mol. The maximum Gasteiger partial charge on any atom is 0.209 e. The van der Waals surface area contributed by atoms with Gasteiger partial charge in [-0.2, -0.15) is 0 Å². The number of aryl methyl sites for hydroxylation is 3. The predicted molar refractivity (Wildman–Crippen MR) is 72.7 cm³/mol. The van der Waals surface area contributed by atoms with Crippen LogP contribution in [0.2, 0.25) is 0 Å². The fraction of sp³-hybridized carbons (Fsp3) is 0.643. The molecule has 0 saturated carbocycles. The van der Waals surface area contributed by atoms with E-state index in [2.05, 4.69) is 29.9 Å². The molecule has 1 aromatic rings. The van der Waals surface area contributed by atoms with Crippen LogP contribution in [0.5, 0.6) is 0 Å². The third-order valence-electron chi connectivity index (χ3n) is 3.69. The number of H-pyrrole nitrogens is 1. The fourth-order valence-corrected chi connectivity index (χ4v) is 2.53. The summed E-state index contributed by atoms with van der Waals surface area (Å²) in [7, 11) is 2.07. The molecule has 0 atom stereocenters. The van der Waals surface area contributed by atoms with Crippen LogP contribution in [0.3, 0.4) is 0 Å². The molecule has 4 nitrogen and oxygen atoms in total. The lowest BCUT2D eigenvalue weighted by atomic mass is 10.2. The minimum Gasteiger partial charge on any atom is -0.362 e. The molecule has 3 rings (SSSR count). The standard InChI is InChI=1S/C8H11N.C6H12N2O/c1-6-5-7-3-2-4-8(7)9-6;1-7-2-4-8(6-9)5-3-7/h5,9H,2-4H2,1H3;6H,2-5H2,1H3. The van der Waals surface area contributed by atoms with Gasteiger partial charge >= 0.3 is 0 Å². The Morgan fingerprint density at radius 1 is 1.22 bits per heavy atom. The van der Waals surface area contributed by atoms with Gasteiger partial charge in [-0.05, 0) is 44.9 Å². The summed E-state index contributed by atoms with van der Waals surface area (Å²) < 4.78 is 0. The normalized spacial score (nSPS) is 19.1. The molecule has 18 heavy (non-hydrogen) atoms. The first kappa shape index (κ1) is 13.1. The number of carbonyl (C=O) groups excluding carboxylic acids is 1. The molecule has 0 radical (unpaired) electrons. The highest BCUT2D eigenvalue weighted by Crippen LogP contribution is 2.21. The predicted octanol–water partition coefficient (Wildman–Crippen LogP) is 1.20. The van der Waals surface area contributed by atoms with Gasteiger partial charge in [-0.15, -0.1) is 0 Å². The molecular weight excluding hydrogens is 226 g/mol. The van der Waals surface area contributed by atoms with Crippen molar-refractivity contribution in [3.8, 4) is 0 Å². The van der Waals surface area contributed by atoms with Crippen molar-refractivity contribution in [3.05, 3.63) is 23.0 Å². The lowest BCUT2D eigenvalue weighted by Gasteiger charge is -2.29. The highest BCUT2D eigenvalue weighted by atomic mass is 16.1. The van der Waals surface area contributed by atoms with Gasteiger partial charge in [-0.3, -0.25) is 4.79 Å². The first-order chi connectivity index (χ1) is 8.69. The Balaban J connectivity index is 0.000000134. The Labute approximate surface area is 109 Å². The molecule has 1 saturated heterocycles. The summed E-state index contributed by atoms with van der Waals surface area (Å²) in [5.74, 6) is 0. The van der Waals surface area contributed by atoms with E-state index in [1.165, 1.54) is 30.7 Å². The van der Waals surface area contributed by atoms with Gasteiger partial charge in [-0.25, -0.2) is 0 Å². The van der Waals surface area contributed by atoms with E-state index in [0.29, 0.717) is 0 Å². The molecule has 0 unspecified atom stereocenters. The summed E-state index contributed by atoms with van der Waals surface area (Å²) in [6.45, 7) is 5.93. The summed E-state index contributed by atoms with van der Waals surface area (Å²) in [6.07, 6.45) is 4.83. The zero-order valence-electron chi connectivity index (χ0n) is 11.4. The molecule has 0 bridgehead atoms. The maximum atomic E-state index is 10.2. The molecule has 1 N–H and O–H groups in total. The Morgan fingerprint density at radius 3 is 2.56 bits per heavy atom. The van der Waals surface area contributed by atoms with Gasteiger partial charge in [0.25, 0.3) is 0 Å². The zero-order valence-corrected chi connectivity index (χ0v) is 11.4. The summed E-state index contributed by atoms with van der Waals surface area (Å²) in [4.78, 5) is 17.6. The number of aromatic amines is 1. The number of likely N-dealkylation sites (N-methyl/N-ethyl adjacent to an activating group) is 1. The summed E-state index contributed by atoms with van der Waals surface area (Å²) in [6, 6.07) is 2.27. The molecule has 0 spiro atoms. The van der Waals surface area contributed by atoms with Gasteiger partial charge in [0, 0.05) is 37.6 Å². The second-order valence-electron chi connectivity index (χ2n) is 5.25. The molecule has 1 aliphatic carbocycles. The van der Waals surface area contributed by atoms with Crippen molar-refractivity contribution in [2.24, 2.45) is 0 Å². The summed E-state index contributed by atoms with van der Waals surface area (Å²) >= 11 is 0. The Bertz CT molecular complexity index is 370. The molecule has 1 fully saturated rings. The van der Waals surface area contributed by atoms with Crippen LogP contribution < -0.4 is 0 Å². The average Bonchev–Trinajstić information content (AvgIpc) is 2.91. The fourth-order valence-electron chi connectivity index (χ4n) is 2.53. The van der Waals surface area contributed by atoms with Crippen molar-refractivity contribution in [1.82, 2.24) is 14.8 Å². The molecule has 1 aromatic heterocycles. The van der Waals surface area contributed by atoms with Gasteiger partial charge in [0.15, 0.2) is 0 Å². The van der Waals surface area contributed by atoms with Crippen molar-refractivity contribution < 1.29 is 4.79 Å². The van der Waals surface area contributed by atoms with E-state index < -0.39 is 0 Å². The van der Waals surface area contributed by atoms with Gasteiger partial charge in [0.2, 0.25) is 6.41 Å². The molecule has 1 aliphatic heterocycles. The van der Waals surface area contributed by atoms with E-state index in [1.54, 1.807) is 10.5 Å². The first-order valence-electron chi connectivity index (χ1n) is 6.74. The van der Waals surface area contributed by atoms with Crippen LogP contribution in [-0.4, -0.2) is 54.4 Å². The Morgan fingerprint density at radius 2 is 1.94 bits per heavy atom. The molecule has 0 aromatic carbocycles. The highest BCUT2D eigenvalue weighted by Gasteiger charge is 2.11. The number of piperazine rings is 1. The van der Waals surface area contributed by atoms with Crippen LogP contribution in [0.15, 0.2) is 6.07 Å². The van der Waals surface area contributed by atoms with E-state index in [-0.39, 0.29) is 0 Å². The number of rotatable bonds is 1. The van der Waals surface area contributed by atoms with E-state index in [4.69, 9.17) is 0 Å². The van der Waals surface area contributed by atoms with E-state index in [0.717, 1.165) is 32.6 Å². The van der Waals surface area contributed by atoms with Gasteiger partial charge in [0.1, 0.15) is 0 Å².